The van der Waals surface area contributed by atoms with E-state index in [0.29, 0.717) is 31.0 Å². The molecule has 1 unspecified atom stereocenters. The maximum absolute atomic E-state index is 12.5. The minimum absolute atomic E-state index is 0.0399. The highest BCUT2D eigenvalue weighted by atomic mass is 32.2. The number of carbonyl (C=O) groups excluding carboxylic acids is 2. The number of thioether (sulfide) groups is 1. The first-order valence-corrected chi connectivity index (χ1v) is 12.7. The zero-order valence-electron chi connectivity index (χ0n) is 19.4. The van der Waals surface area contributed by atoms with Crippen LogP contribution in [0.1, 0.15) is 45.8 Å². The van der Waals surface area contributed by atoms with E-state index < -0.39 is 0 Å². The maximum atomic E-state index is 12.5. The van der Waals surface area contributed by atoms with Crippen molar-refractivity contribution in [2.75, 3.05) is 18.9 Å². The lowest BCUT2D eigenvalue weighted by atomic mass is 10.1. The van der Waals surface area contributed by atoms with Gasteiger partial charge in [0, 0.05) is 12.1 Å². The number of nitrogens with one attached hydrogen (secondary N) is 1. The molecule has 34 heavy (non-hydrogen) atoms. The van der Waals surface area contributed by atoms with Crippen LogP contribution >= 0.6 is 11.8 Å². The van der Waals surface area contributed by atoms with Crippen molar-refractivity contribution in [3.05, 3.63) is 101 Å². The van der Waals surface area contributed by atoms with Crippen molar-refractivity contribution < 1.29 is 14.3 Å². The molecule has 0 aliphatic carbocycles. The van der Waals surface area contributed by atoms with Crippen LogP contribution in [0.2, 0.25) is 0 Å². The second-order valence-electron chi connectivity index (χ2n) is 8.29. The maximum Gasteiger partial charge on any atom is 0.251 e. The molecule has 1 saturated heterocycles. The van der Waals surface area contributed by atoms with Crippen LogP contribution in [0.5, 0.6) is 5.75 Å². The Morgan fingerprint density at radius 2 is 1.74 bits per heavy atom. The van der Waals surface area contributed by atoms with Crippen molar-refractivity contribution in [1.82, 2.24) is 10.2 Å². The molecule has 1 aliphatic rings. The SMILES string of the molecule is CCCc1ccc(OCCNC(=O)c2ccc(C3SCC(=O)N3Cc3ccccc3)cc2)cc1. The number of amides is 2. The Balaban J connectivity index is 1.27. The summed E-state index contributed by atoms with van der Waals surface area (Å²) in [6.45, 7) is 3.58. The molecule has 4 rings (SSSR count). The lowest BCUT2D eigenvalue weighted by molar-refractivity contribution is -0.128. The topological polar surface area (TPSA) is 58.6 Å². The van der Waals surface area contributed by atoms with Gasteiger partial charge in [0.25, 0.3) is 5.91 Å². The highest BCUT2D eigenvalue weighted by Gasteiger charge is 2.32. The van der Waals surface area contributed by atoms with Crippen LogP contribution in [0.25, 0.3) is 0 Å². The molecule has 1 aliphatic heterocycles. The number of aryl methyl sites for hydroxylation is 1. The third-order valence-corrected chi connectivity index (χ3v) is 7.00. The first kappa shape index (κ1) is 23.9. The summed E-state index contributed by atoms with van der Waals surface area (Å²) in [7, 11) is 0. The minimum atomic E-state index is -0.135. The third-order valence-electron chi connectivity index (χ3n) is 5.74. The fourth-order valence-electron chi connectivity index (χ4n) is 3.96. The van der Waals surface area contributed by atoms with Gasteiger partial charge in [-0.05, 0) is 47.4 Å². The predicted octanol–water partition coefficient (Wildman–Crippen LogP) is 5.22. The van der Waals surface area contributed by atoms with Crippen molar-refractivity contribution in [3.63, 3.8) is 0 Å². The Labute approximate surface area is 205 Å². The van der Waals surface area contributed by atoms with Gasteiger partial charge in [-0.3, -0.25) is 9.59 Å². The Bertz CT molecular complexity index is 1080. The van der Waals surface area contributed by atoms with E-state index in [1.807, 2.05) is 71.6 Å². The Hall–Kier alpha value is -3.25. The normalized spacial score (nSPS) is 15.4. The van der Waals surface area contributed by atoms with Crippen LogP contribution in [0, 0.1) is 0 Å². The van der Waals surface area contributed by atoms with Crippen molar-refractivity contribution in [3.8, 4) is 5.75 Å². The van der Waals surface area contributed by atoms with E-state index in [1.54, 1.807) is 11.8 Å². The van der Waals surface area contributed by atoms with E-state index in [4.69, 9.17) is 4.74 Å². The van der Waals surface area contributed by atoms with E-state index in [0.717, 1.165) is 29.7 Å². The molecule has 0 spiro atoms. The smallest absolute Gasteiger partial charge is 0.251 e. The number of benzene rings is 3. The van der Waals surface area contributed by atoms with Gasteiger partial charge < -0.3 is 15.0 Å². The van der Waals surface area contributed by atoms with Gasteiger partial charge in [-0.25, -0.2) is 0 Å². The summed E-state index contributed by atoms with van der Waals surface area (Å²) in [5.74, 6) is 1.29. The summed E-state index contributed by atoms with van der Waals surface area (Å²) in [4.78, 5) is 26.9. The molecule has 3 aromatic carbocycles. The minimum Gasteiger partial charge on any atom is -0.492 e. The zero-order chi connectivity index (χ0) is 23.8. The van der Waals surface area contributed by atoms with Crippen LogP contribution < -0.4 is 10.1 Å². The lowest BCUT2D eigenvalue weighted by Crippen LogP contribution is -2.28. The van der Waals surface area contributed by atoms with Crippen molar-refractivity contribution in [1.29, 1.82) is 0 Å². The first-order valence-electron chi connectivity index (χ1n) is 11.7. The molecule has 1 heterocycles. The molecule has 5 nitrogen and oxygen atoms in total. The molecule has 6 heteroatoms. The molecule has 0 bridgehead atoms. The lowest BCUT2D eigenvalue weighted by Gasteiger charge is -2.24. The van der Waals surface area contributed by atoms with E-state index >= 15 is 0 Å². The monoisotopic (exact) mass is 474 g/mol. The highest BCUT2D eigenvalue weighted by Crippen LogP contribution is 2.39. The molecular formula is C28H30N2O3S. The number of hydrogen-bond acceptors (Lipinski definition) is 4. The molecule has 0 radical (unpaired) electrons. The van der Waals surface area contributed by atoms with Gasteiger partial charge in [-0.15, -0.1) is 11.8 Å². The number of rotatable bonds is 10. The average molecular weight is 475 g/mol. The molecule has 2 amide bonds. The van der Waals surface area contributed by atoms with Gasteiger partial charge in [-0.1, -0.05) is 67.9 Å². The summed E-state index contributed by atoms with van der Waals surface area (Å²) in [5, 5.41) is 2.86. The summed E-state index contributed by atoms with van der Waals surface area (Å²) in [5.41, 5.74) is 4.03. The molecule has 1 N–H and O–H groups in total. The summed E-state index contributed by atoms with van der Waals surface area (Å²) in [6, 6.07) is 25.6. The molecule has 0 aromatic heterocycles. The van der Waals surface area contributed by atoms with Crippen molar-refractivity contribution in [2.24, 2.45) is 0 Å². The van der Waals surface area contributed by atoms with Gasteiger partial charge in [-0.2, -0.15) is 0 Å². The Kier molecular flexibility index (Phi) is 8.26. The van der Waals surface area contributed by atoms with E-state index in [2.05, 4.69) is 24.4 Å². The molecule has 176 valence electrons. The quantitative estimate of drug-likeness (QED) is 0.409. The molecule has 0 saturated carbocycles. The summed E-state index contributed by atoms with van der Waals surface area (Å²) < 4.78 is 5.73. The largest absolute Gasteiger partial charge is 0.492 e. The van der Waals surface area contributed by atoms with Gasteiger partial charge >= 0.3 is 0 Å². The predicted molar refractivity (Wildman–Crippen MR) is 137 cm³/mol. The van der Waals surface area contributed by atoms with E-state index in [-0.39, 0.29) is 17.2 Å². The Morgan fingerprint density at radius 3 is 2.44 bits per heavy atom. The van der Waals surface area contributed by atoms with Crippen molar-refractivity contribution >= 4 is 23.6 Å². The number of nitrogens with zero attached hydrogens (tertiary/aromatic N) is 1. The van der Waals surface area contributed by atoms with Crippen LogP contribution in [0.15, 0.2) is 78.9 Å². The molecule has 1 atom stereocenters. The number of hydrogen-bond donors (Lipinski definition) is 1. The standard InChI is InChI=1S/C28H30N2O3S/c1-2-6-21-9-15-25(16-10-21)33-18-17-29-27(32)23-11-13-24(14-12-23)28-30(26(31)20-34-28)19-22-7-4-3-5-8-22/h3-5,7-16,28H,2,6,17-20H2,1H3,(H,29,32). The van der Waals surface area contributed by atoms with Gasteiger partial charge in [0.15, 0.2) is 0 Å². The zero-order valence-corrected chi connectivity index (χ0v) is 20.2. The van der Waals surface area contributed by atoms with E-state index in [1.165, 1.54) is 5.56 Å². The summed E-state index contributed by atoms with van der Waals surface area (Å²) in [6.07, 6.45) is 2.19. The van der Waals surface area contributed by atoms with Crippen LogP contribution in [0.4, 0.5) is 0 Å². The number of ether oxygens (including phenoxy) is 1. The highest BCUT2D eigenvalue weighted by molar-refractivity contribution is 8.00. The third kappa shape index (κ3) is 6.20. The van der Waals surface area contributed by atoms with E-state index in [9.17, 15) is 9.59 Å². The average Bonchev–Trinajstić information content (AvgIpc) is 3.23. The van der Waals surface area contributed by atoms with Gasteiger partial charge in [0.05, 0.1) is 12.3 Å². The molecule has 1 fully saturated rings. The second-order valence-corrected chi connectivity index (χ2v) is 9.36. The Morgan fingerprint density at radius 1 is 1.00 bits per heavy atom. The van der Waals surface area contributed by atoms with Crippen molar-refractivity contribution in [2.45, 2.75) is 31.7 Å². The fraction of sp³-hybridized carbons (Fsp3) is 0.286. The van der Waals surface area contributed by atoms with Crippen LogP contribution in [0.3, 0.4) is 0 Å². The molecule has 3 aromatic rings. The van der Waals surface area contributed by atoms with Gasteiger partial charge in [0.2, 0.25) is 5.91 Å². The van der Waals surface area contributed by atoms with Crippen LogP contribution in [-0.2, 0) is 17.8 Å². The van der Waals surface area contributed by atoms with Crippen LogP contribution in [-0.4, -0.2) is 35.6 Å². The number of carbonyl (C=O) groups is 2. The first-order chi connectivity index (χ1) is 16.6. The fourth-order valence-corrected chi connectivity index (χ4v) is 5.14. The second kappa shape index (κ2) is 11.7. The van der Waals surface area contributed by atoms with Gasteiger partial charge in [0.1, 0.15) is 17.7 Å². The molecular weight excluding hydrogens is 444 g/mol. The summed E-state index contributed by atoms with van der Waals surface area (Å²) >= 11 is 1.62.